The number of fused-ring (bicyclic) bond motifs is 5. The quantitative estimate of drug-likeness (QED) is 0.0394. The van der Waals surface area contributed by atoms with Crippen LogP contribution in [0.4, 0.5) is 0 Å². The average molecular weight is 1250 g/mol. The molecule has 2 atom stereocenters. The Morgan fingerprint density at radius 1 is 0.361 bits per heavy atom. The van der Waals surface area contributed by atoms with Crippen LogP contribution in [0.5, 0.6) is 0 Å². The summed E-state index contributed by atoms with van der Waals surface area (Å²) < 4.78 is 21.0. The van der Waals surface area contributed by atoms with Gasteiger partial charge in [-0.2, -0.15) is 17.5 Å². The fourth-order valence-electron chi connectivity index (χ4n) is 13.3. The van der Waals surface area contributed by atoms with Crippen LogP contribution in [0.3, 0.4) is 0 Å². The molecule has 2 unspecified atom stereocenters. The zero-order valence-electron chi connectivity index (χ0n) is 50.6. The van der Waals surface area contributed by atoms with Gasteiger partial charge < -0.3 is 0 Å². The Hall–Kier alpha value is -3.72. The number of hydrogen-bond donors (Lipinski definition) is 0. The number of aromatic nitrogens is 4. The van der Waals surface area contributed by atoms with E-state index < -0.39 is 0 Å². The summed E-state index contributed by atoms with van der Waals surface area (Å²) in [5.41, 5.74) is 15.3. The summed E-state index contributed by atoms with van der Waals surface area (Å²) in [5.74, 6) is 0.742. The molecule has 0 amide bonds. The van der Waals surface area contributed by atoms with Crippen molar-refractivity contribution in [2.75, 3.05) is 0 Å². The van der Waals surface area contributed by atoms with E-state index in [9.17, 15) is 0 Å². The molecule has 4 nitrogen and oxygen atoms in total. The number of nitrogens with zero attached hydrogens (tertiary/aromatic N) is 4. The molecule has 0 fully saturated rings. The predicted octanol–water partition coefficient (Wildman–Crippen LogP) is 26.3. The van der Waals surface area contributed by atoms with Crippen LogP contribution in [0.15, 0.2) is 72.8 Å². The Balaban J connectivity index is 1.02. The lowest BCUT2D eigenvalue weighted by Crippen LogP contribution is -2.25. The Morgan fingerprint density at radius 2 is 0.735 bits per heavy atom. The van der Waals surface area contributed by atoms with Crippen molar-refractivity contribution in [1.82, 2.24) is 17.5 Å². The van der Waals surface area contributed by atoms with Crippen molar-refractivity contribution in [3.63, 3.8) is 0 Å². The van der Waals surface area contributed by atoms with Gasteiger partial charge in [-0.1, -0.05) is 158 Å². The Bertz CT molecular complexity index is 3470. The zero-order chi connectivity index (χ0) is 57.5. The number of hydrogen-bond acceptors (Lipinski definition) is 12. The first-order chi connectivity index (χ1) is 40.7. The van der Waals surface area contributed by atoms with Crippen LogP contribution < -0.4 is 0 Å². The molecule has 10 aromatic rings. The SMILES string of the molecule is CCCCCCc1ccc(-c2ccc(-c3cc(C(C)CCC)c(-c4cc5c(s4)-c4sc(-c6c(C(C)CCC)cc(-c7ccc(-c8ccc(CCCCCC)s8)s7)c7nsnc67)cc4C5(CCCCCC)CCCCCC)c4nsnc34)s2)s1. The topological polar surface area (TPSA) is 51.6 Å². The van der Waals surface area contributed by atoms with Crippen molar-refractivity contribution in [3.8, 4) is 71.0 Å². The second kappa shape index (κ2) is 28.4. The first-order valence-electron chi connectivity index (χ1n) is 32.0. The van der Waals surface area contributed by atoms with E-state index in [-0.39, 0.29) is 5.41 Å². The molecule has 1 aliphatic rings. The summed E-state index contributed by atoms with van der Waals surface area (Å²) in [4.78, 5) is 16.8. The van der Waals surface area contributed by atoms with Crippen LogP contribution in [0.25, 0.3) is 93.1 Å². The number of aryl methyl sites for hydroxylation is 2. The van der Waals surface area contributed by atoms with Gasteiger partial charge in [0.2, 0.25) is 0 Å². The van der Waals surface area contributed by atoms with Gasteiger partial charge in [-0.3, -0.25) is 0 Å². The molecule has 0 saturated heterocycles. The lowest BCUT2D eigenvalue weighted by atomic mass is 9.71. The maximum absolute atomic E-state index is 5.30. The van der Waals surface area contributed by atoms with Gasteiger partial charge in [-0.25, -0.2) is 0 Å². The number of thiophene rings is 6. The van der Waals surface area contributed by atoms with Crippen molar-refractivity contribution >= 4 is 114 Å². The molecule has 11 rings (SSSR count). The lowest BCUT2D eigenvalue weighted by Gasteiger charge is -2.32. The monoisotopic (exact) mass is 1250 g/mol. The van der Waals surface area contributed by atoms with Gasteiger partial charge in [-0.15, -0.1) is 68.0 Å². The normalized spacial score (nSPS) is 13.7. The highest BCUT2D eigenvalue weighted by atomic mass is 32.1. The van der Waals surface area contributed by atoms with Crippen LogP contribution >= 0.6 is 91.5 Å². The largest absolute Gasteiger partial charge is 0.172 e. The molecule has 8 heterocycles. The standard InChI is InChI=1S/C71H86N4S8/c1-9-15-19-23-29-47-31-33-57(76-47)59-37-35-55(78-59)51-41-49(45(7)27-13-5)63(67-65(51)72-82-74-67)61-43-53-69(80-61)70-54(71(53,39-25-21-17-11-3)40-26-22-18-12-4)44-62(81-70)64-50(46(8)28-14-6)42-52(66-68(64)75-83-73-66)56-36-38-60(79-56)58-34-32-48(77-58)30-24-20-16-10-2/h31-38,41-46H,9-30,39-40H2,1-8H3. The van der Waals surface area contributed by atoms with Crippen LogP contribution in [0.2, 0.25) is 0 Å². The smallest absolute Gasteiger partial charge is 0.114 e. The fraction of sp³-hybridized carbons (Fsp3) is 0.493. The highest BCUT2D eigenvalue weighted by Gasteiger charge is 2.46. The van der Waals surface area contributed by atoms with E-state index in [2.05, 4.69) is 151 Å². The van der Waals surface area contributed by atoms with Crippen LogP contribution in [0.1, 0.15) is 240 Å². The third-order valence-corrected chi connectivity index (χ3v) is 26.3. The third-order valence-electron chi connectivity index (χ3n) is 17.9. The summed E-state index contributed by atoms with van der Waals surface area (Å²) in [7, 11) is 0. The number of unbranched alkanes of at least 4 members (excludes halogenated alkanes) is 12. The minimum atomic E-state index is -0.0616. The summed E-state index contributed by atoms with van der Waals surface area (Å²) in [6.45, 7) is 18.9. The van der Waals surface area contributed by atoms with E-state index in [1.54, 1.807) is 11.1 Å². The Kier molecular flexibility index (Phi) is 20.9. The van der Waals surface area contributed by atoms with Crippen molar-refractivity contribution in [2.24, 2.45) is 0 Å². The van der Waals surface area contributed by atoms with Gasteiger partial charge in [0.15, 0.2) is 0 Å². The van der Waals surface area contributed by atoms with Gasteiger partial charge in [0.05, 0.1) is 23.5 Å². The van der Waals surface area contributed by atoms with Crippen molar-refractivity contribution in [1.29, 1.82) is 0 Å². The molecule has 0 aliphatic heterocycles. The van der Waals surface area contributed by atoms with E-state index in [0.717, 1.165) is 47.8 Å². The lowest BCUT2D eigenvalue weighted by molar-refractivity contribution is 0.402. The molecule has 83 heavy (non-hydrogen) atoms. The van der Waals surface area contributed by atoms with E-state index >= 15 is 0 Å². The second-order valence-corrected chi connectivity index (χ2v) is 31.6. The average Bonchev–Trinajstić information content (AvgIpc) is 1.86. The zero-order valence-corrected chi connectivity index (χ0v) is 57.1. The first kappa shape index (κ1) is 60.9. The van der Waals surface area contributed by atoms with E-state index in [4.69, 9.17) is 17.5 Å². The Morgan fingerprint density at radius 3 is 1.14 bits per heavy atom. The van der Waals surface area contributed by atoms with Crippen molar-refractivity contribution in [3.05, 3.63) is 105 Å². The first-order valence-corrected chi connectivity index (χ1v) is 38.3. The van der Waals surface area contributed by atoms with Gasteiger partial charge in [0.1, 0.15) is 22.1 Å². The molecule has 8 aromatic heterocycles. The maximum Gasteiger partial charge on any atom is 0.114 e. The molecule has 0 radical (unpaired) electrons. The molecule has 12 heteroatoms. The molecule has 2 aromatic carbocycles. The predicted molar refractivity (Wildman–Crippen MR) is 374 cm³/mol. The van der Waals surface area contributed by atoms with E-state index in [0.29, 0.717) is 11.8 Å². The number of rotatable bonds is 32. The summed E-state index contributed by atoms with van der Waals surface area (Å²) in [6, 6.07) is 29.3. The summed E-state index contributed by atoms with van der Waals surface area (Å²) in [6.07, 6.45) is 29.7. The summed E-state index contributed by atoms with van der Waals surface area (Å²) in [5, 5.41) is 0. The van der Waals surface area contributed by atoms with E-state index in [1.807, 2.05) is 45.3 Å². The van der Waals surface area contributed by atoms with Crippen LogP contribution in [-0.2, 0) is 18.3 Å². The van der Waals surface area contributed by atoms with Crippen molar-refractivity contribution < 1.29 is 0 Å². The molecule has 438 valence electrons. The van der Waals surface area contributed by atoms with Gasteiger partial charge in [0.25, 0.3) is 0 Å². The van der Waals surface area contributed by atoms with Gasteiger partial charge in [0, 0.05) is 86.2 Å². The van der Waals surface area contributed by atoms with Crippen LogP contribution in [-0.4, -0.2) is 17.5 Å². The maximum atomic E-state index is 5.30. The minimum Gasteiger partial charge on any atom is -0.172 e. The fourth-order valence-corrected chi connectivity index (χ4v) is 21.6. The molecule has 0 saturated carbocycles. The molecular weight excluding hydrogens is 1170 g/mol. The third kappa shape index (κ3) is 12.8. The van der Waals surface area contributed by atoms with Crippen molar-refractivity contribution in [2.45, 2.75) is 227 Å². The molecule has 1 aliphatic carbocycles. The summed E-state index contributed by atoms with van der Waals surface area (Å²) >= 11 is 14.7. The van der Waals surface area contributed by atoms with Gasteiger partial charge >= 0.3 is 0 Å². The number of benzene rings is 2. The van der Waals surface area contributed by atoms with Gasteiger partial charge in [-0.05, 0) is 158 Å². The highest BCUT2D eigenvalue weighted by Crippen LogP contribution is 2.63. The highest BCUT2D eigenvalue weighted by molar-refractivity contribution is 7.26. The minimum absolute atomic E-state index is 0.0616. The molecular formula is C71H86N4S8. The molecule has 0 bridgehead atoms. The molecule has 0 N–H and O–H groups in total. The van der Waals surface area contributed by atoms with Crippen LogP contribution in [0, 0.1) is 0 Å². The second-order valence-electron chi connectivity index (χ2n) is 24.0. The Labute approximate surface area is 529 Å². The molecule has 0 spiro atoms. The van der Waals surface area contributed by atoms with E-state index in [1.165, 1.54) is 244 Å².